The van der Waals surface area contributed by atoms with E-state index in [1.54, 1.807) is 61.5 Å². The lowest BCUT2D eigenvalue weighted by atomic mass is 10.1. The average molecular weight is 439 g/mol. The molecule has 0 unspecified atom stereocenters. The summed E-state index contributed by atoms with van der Waals surface area (Å²) < 4.78 is 0. The molecule has 0 saturated carbocycles. The fourth-order valence-corrected chi connectivity index (χ4v) is 3.02. The van der Waals surface area contributed by atoms with Gasteiger partial charge in [-0.2, -0.15) is 0 Å². The minimum atomic E-state index is -0.501. The summed E-state index contributed by atoms with van der Waals surface area (Å²) in [4.78, 5) is 35.6. The van der Waals surface area contributed by atoms with Gasteiger partial charge in [0.25, 0.3) is 11.6 Å². The highest BCUT2D eigenvalue weighted by Gasteiger charge is 2.16. The van der Waals surface area contributed by atoms with E-state index in [0.29, 0.717) is 33.2 Å². The Labute approximate surface area is 183 Å². The monoisotopic (exact) mass is 438 g/mol. The molecule has 2 amide bonds. The maximum atomic E-state index is 12.7. The van der Waals surface area contributed by atoms with E-state index in [0.717, 1.165) is 0 Å². The average Bonchev–Trinajstić information content (AvgIpc) is 2.75. The van der Waals surface area contributed by atoms with Crippen LogP contribution in [-0.4, -0.2) is 23.3 Å². The highest BCUT2D eigenvalue weighted by atomic mass is 35.5. The van der Waals surface area contributed by atoms with Gasteiger partial charge in [0.05, 0.1) is 28.3 Å². The summed E-state index contributed by atoms with van der Waals surface area (Å²) in [5.41, 5.74) is 2.06. The first kappa shape index (κ1) is 21.8. The Morgan fingerprint density at radius 2 is 1.61 bits per heavy atom. The molecule has 0 spiro atoms. The van der Waals surface area contributed by atoms with Crippen molar-refractivity contribution < 1.29 is 14.5 Å². The topological polar surface area (TPSA) is 113 Å². The van der Waals surface area contributed by atoms with E-state index in [4.69, 9.17) is 11.6 Å². The number of nitro benzene ring substituents is 1. The Morgan fingerprint density at radius 1 is 0.935 bits per heavy atom. The van der Waals surface area contributed by atoms with Gasteiger partial charge in [-0.3, -0.25) is 19.7 Å². The second kappa shape index (κ2) is 9.73. The Kier molecular flexibility index (Phi) is 6.84. The van der Waals surface area contributed by atoms with Gasteiger partial charge in [-0.05, 0) is 49.4 Å². The van der Waals surface area contributed by atoms with Crippen LogP contribution in [0.4, 0.5) is 22.7 Å². The Bertz CT molecular complexity index is 1130. The minimum Gasteiger partial charge on any atom is -0.376 e. The van der Waals surface area contributed by atoms with Crippen molar-refractivity contribution in [2.45, 2.75) is 6.92 Å². The molecule has 3 N–H and O–H groups in total. The molecule has 0 radical (unpaired) electrons. The molecule has 0 heterocycles. The number of rotatable bonds is 7. The predicted octanol–water partition coefficient (Wildman–Crippen LogP) is 4.86. The first-order valence-electron chi connectivity index (χ1n) is 9.29. The van der Waals surface area contributed by atoms with Crippen molar-refractivity contribution in [2.75, 3.05) is 22.5 Å². The van der Waals surface area contributed by atoms with Crippen LogP contribution in [0.1, 0.15) is 15.9 Å². The van der Waals surface area contributed by atoms with Gasteiger partial charge in [-0.25, -0.2) is 0 Å². The van der Waals surface area contributed by atoms with Crippen molar-refractivity contribution in [2.24, 2.45) is 0 Å². The summed E-state index contributed by atoms with van der Waals surface area (Å²) in [5.74, 6) is -0.753. The molecule has 0 aliphatic heterocycles. The minimum absolute atomic E-state index is 0.0741. The summed E-state index contributed by atoms with van der Waals surface area (Å²) in [5, 5.41) is 20.0. The first-order chi connectivity index (χ1) is 14.8. The first-order valence-corrected chi connectivity index (χ1v) is 9.66. The van der Waals surface area contributed by atoms with Crippen LogP contribution in [0.2, 0.25) is 5.02 Å². The van der Waals surface area contributed by atoms with Crippen LogP contribution in [0.15, 0.2) is 66.7 Å². The van der Waals surface area contributed by atoms with Gasteiger partial charge in [-0.1, -0.05) is 29.8 Å². The number of carbonyl (C=O) groups is 2. The standard InChI is InChI=1S/C22H19ClN4O4/c1-14-18(7-4-8-20(14)27(30)31)26-21(28)13-24-19-6-3-2-5-17(19)22(29)25-16-11-9-15(23)10-12-16/h2-12,24H,13H2,1H3,(H,25,29)(H,26,28). The van der Waals surface area contributed by atoms with Crippen LogP contribution in [0, 0.1) is 17.0 Å². The van der Waals surface area contributed by atoms with Crippen molar-refractivity contribution in [1.82, 2.24) is 0 Å². The number of carbonyl (C=O) groups excluding carboxylic acids is 2. The van der Waals surface area contributed by atoms with Gasteiger partial charge in [0.1, 0.15) is 0 Å². The lowest BCUT2D eigenvalue weighted by Gasteiger charge is -2.13. The summed E-state index contributed by atoms with van der Waals surface area (Å²) >= 11 is 5.86. The molecular formula is C22H19ClN4O4. The predicted molar refractivity (Wildman–Crippen MR) is 121 cm³/mol. The van der Waals surface area contributed by atoms with Crippen LogP contribution in [0.25, 0.3) is 0 Å². The summed E-state index contributed by atoms with van der Waals surface area (Å²) in [6.07, 6.45) is 0. The summed E-state index contributed by atoms with van der Waals surface area (Å²) in [6.45, 7) is 1.44. The fraction of sp³-hybridized carbons (Fsp3) is 0.0909. The number of hydrogen-bond donors (Lipinski definition) is 3. The van der Waals surface area contributed by atoms with Crippen LogP contribution in [0.5, 0.6) is 0 Å². The number of halogens is 1. The Balaban J connectivity index is 1.66. The van der Waals surface area contributed by atoms with E-state index in [2.05, 4.69) is 16.0 Å². The molecule has 9 heteroatoms. The fourth-order valence-electron chi connectivity index (χ4n) is 2.89. The van der Waals surface area contributed by atoms with E-state index >= 15 is 0 Å². The molecule has 0 atom stereocenters. The molecule has 3 aromatic rings. The van der Waals surface area contributed by atoms with Crippen LogP contribution in [0.3, 0.4) is 0 Å². The third-order valence-electron chi connectivity index (χ3n) is 4.49. The van der Waals surface area contributed by atoms with Crippen LogP contribution < -0.4 is 16.0 Å². The van der Waals surface area contributed by atoms with Gasteiger partial charge >= 0.3 is 0 Å². The highest BCUT2D eigenvalue weighted by molar-refractivity contribution is 6.30. The SMILES string of the molecule is Cc1c(NC(=O)CNc2ccccc2C(=O)Nc2ccc(Cl)cc2)cccc1[N+](=O)[O-]. The number of benzene rings is 3. The van der Waals surface area contributed by atoms with Crippen molar-refractivity contribution >= 4 is 46.2 Å². The van der Waals surface area contributed by atoms with Crippen molar-refractivity contribution in [1.29, 1.82) is 0 Å². The zero-order chi connectivity index (χ0) is 22.4. The number of nitrogens with one attached hydrogen (secondary N) is 3. The molecule has 3 aromatic carbocycles. The third-order valence-corrected chi connectivity index (χ3v) is 4.74. The number of nitro groups is 1. The normalized spacial score (nSPS) is 10.3. The summed E-state index contributed by atoms with van der Waals surface area (Å²) in [7, 11) is 0. The van der Waals surface area contributed by atoms with Crippen molar-refractivity contribution in [3.05, 3.63) is 93.0 Å². The van der Waals surface area contributed by atoms with Crippen molar-refractivity contribution in [3.63, 3.8) is 0 Å². The molecule has 8 nitrogen and oxygen atoms in total. The molecule has 0 aromatic heterocycles. The maximum absolute atomic E-state index is 12.7. The maximum Gasteiger partial charge on any atom is 0.274 e. The molecule has 31 heavy (non-hydrogen) atoms. The Hall–Kier alpha value is -3.91. The number of anilines is 3. The molecule has 0 bridgehead atoms. The summed E-state index contributed by atoms with van der Waals surface area (Å²) in [6, 6.07) is 18.0. The van der Waals surface area contributed by atoms with E-state index in [9.17, 15) is 19.7 Å². The second-order valence-electron chi connectivity index (χ2n) is 6.62. The molecule has 0 saturated heterocycles. The van der Waals surface area contributed by atoms with Gasteiger partial charge in [0.15, 0.2) is 0 Å². The van der Waals surface area contributed by atoms with E-state index < -0.39 is 10.8 Å². The van der Waals surface area contributed by atoms with Crippen LogP contribution >= 0.6 is 11.6 Å². The van der Waals surface area contributed by atoms with Crippen molar-refractivity contribution in [3.8, 4) is 0 Å². The smallest absolute Gasteiger partial charge is 0.274 e. The van der Waals surface area contributed by atoms with E-state index in [-0.39, 0.29) is 18.1 Å². The lowest BCUT2D eigenvalue weighted by Crippen LogP contribution is -2.23. The van der Waals surface area contributed by atoms with Crippen LogP contribution in [-0.2, 0) is 4.79 Å². The third kappa shape index (κ3) is 5.58. The van der Waals surface area contributed by atoms with Gasteiger partial charge in [0, 0.05) is 22.5 Å². The number of nitrogens with zero attached hydrogens (tertiary/aromatic N) is 1. The van der Waals surface area contributed by atoms with Gasteiger partial charge in [-0.15, -0.1) is 0 Å². The molecular weight excluding hydrogens is 420 g/mol. The zero-order valence-electron chi connectivity index (χ0n) is 16.5. The van der Waals surface area contributed by atoms with Gasteiger partial charge < -0.3 is 16.0 Å². The quantitative estimate of drug-likeness (QED) is 0.360. The number of amides is 2. The van der Waals surface area contributed by atoms with E-state index in [1.165, 1.54) is 12.1 Å². The number of hydrogen-bond acceptors (Lipinski definition) is 5. The molecule has 0 fully saturated rings. The van der Waals surface area contributed by atoms with Gasteiger partial charge in [0.2, 0.25) is 5.91 Å². The zero-order valence-corrected chi connectivity index (χ0v) is 17.3. The Morgan fingerprint density at radius 3 is 2.32 bits per heavy atom. The number of para-hydroxylation sites is 1. The molecule has 0 aliphatic carbocycles. The molecule has 0 aliphatic rings. The lowest BCUT2D eigenvalue weighted by molar-refractivity contribution is -0.385. The van der Waals surface area contributed by atoms with E-state index in [1.807, 2.05) is 0 Å². The second-order valence-corrected chi connectivity index (χ2v) is 7.05. The molecule has 3 rings (SSSR count). The highest BCUT2D eigenvalue weighted by Crippen LogP contribution is 2.25. The molecule has 158 valence electrons. The largest absolute Gasteiger partial charge is 0.376 e.